The summed E-state index contributed by atoms with van der Waals surface area (Å²) in [6, 6.07) is 15.1. The number of ether oxygens (including phenoxy) is 1. The summed E-state index contributed by atoms with van der Waals surface area (Å²) in [5.41, 5.74) is 5.53. The van der Waals surface area contributed by atoms with Crippen molar-refractivity contribution in [1.82, 2.24) is 45.8 Å². The molecule has 0 radical (unpaired) electrons. The summed E-state index contributed by atoms with van der Waals surface area (Å²) in [5, 5.41) is 17.6. The van der Waals surface area contributed by atoms with Crippen molar-refractivity contribution >= 4 is 23.8 Å². The summed E-state index contributed by atoms with van der Waals surface area (Å²) in [6.45, 7) is 8.30. The number of methoxy groups -OCH3 is 1. The van der Waals surface area contributed by atoms with Crippen LogP contribution in [-0.4, -0.2) is 85.5 Å². The molecule has 0 spiro atoms. The Morgan fingerprint density at radius 1 is 0.821 bits per heavy atom. The van der Waals surface area contributed by atoms with Crippen LogP contribution in [0.15, 0.2) is 60.9 Å². The van der Waals surface area contributed by atoms with E-state index in [2.05, 4.69) is 55.5 Å². The highest BCUT2D eigenvalue weighted by atomic mass is 16.5. The number of aromatic amines is 1. The molecule has 4 aromatic rings. The van der Waals surface area contributed by atoms with Gasteiger partial charge in [0, 0.05) is 24.4 Å². The van der Waals surface area contributed by atoms with Crippen molar-refractivity contribution in [1.29, 1.82) is 0 Å². The second-order valence-corrected chi connectivity index (χ2v) is 16.1. The zero-order valence-electron chi connectivity index (χ0n) is 32.8. The molecule has 14 heteroatoms. The average molecular weight is 764 g/mol. The van der Waals surface area contributed by atoms with E-state index in [9.17, 15) is 19.2 Å². The van der Waals surface area contributed by atoms with Gasteiger partial charge >= 0.3 is 6.09 Å². The predicted octanol–water partition coefficient (Wildman–Crippen LogP) is 5.67. The van der Waals surface area contributed by atoms with Crippen molar-refractivity contribution < 1.29 is 23.9 Å². The third-order valence-electron chi connectivity index (χ3n) is 11.4. The maximum absolute atomic E-state index is 13.5. The van der Waals surface area contributed by atoms with Crippen molar-refractivity contribution in [3.05, 3.63) is 72.4 Å². The average Bonchev–Trinajstić information content (AvgIpc) is 3.72. The number of carbonyl (C=O) groups excluding carboxylic acids is 4. The van der Waals surface area contributed by atoms with E-state index in [-0.39, 0.29) is 53.5 Å². The van der Waals surface area contributed by atoms with Gasteiger partial charge in [0.05, 0.1) is 36.9 Å². The number of hydrogen-bond donors (Lipinski definition) is 4. The first kappa shape index (κ1) is 38.7. The lowest BCUT2D eigenvalue weighted by atomic mass is 9.93. The summed E-state index contributed by atoms with van der Waals surface area (Å²) < 4.78 is 6.47. The monoisotopic (exact) mass is 763 g/mol. The van der Waals surface area contributed by atoms with E-state index in [0.29, 0.717) is 12.2 Å². The molecular weight excluding hydrogens is 711 g/mol. The molecule has 7 rings (SSSR count). The smallest absolute Gasteiger partial charge is 0.407 e. The summed E-state index contributed by atoms with van der Waals surface area (Å²) in [6.07, 6.45) is 9.25. The van der Waals surface area contributed by atoms with E-state index >= 15 is 0 Å². The number of H-pyrrole nitrogens is 1. The molecule has 4 amide bonds. The number of hydrogen-bond acceptors (Lipinski definition) is 8. The molecule has 4 N–H and O–H groups in total. The number of amides is 4. The fourth-order valence-corrected chi connectivity index (χ4v) is 8.01. The summed E-state index contributed by atoms with van der Waals surface area (Å²) in [5.74, 6) is 0.0954. The number of nitrogens with one attached hydrogen (secondary N) is 4. The quantitative estimate of drug-likeness (QED) is 0.135. The molecule has 2 saturated carbocycles. The fraction of sp³-hybridized carbons (Fsp3) is 0.500. The third-order valence-corrected chi connectivity index (χ3v) is 11.4. The minimum Gasteiger partial charge on any atom is -0.453 e. The van der Waals surface area contributed by atoms with Crippen LogP contribution in [-0.2, 0) is 19.1 Å². The van der Waals surface area contributed by atoms with Gasteiger partial charge in [-0.1, -0.05) is 75.7 Å². The van der Waals surface area contributed by atoms with Gasteiger partial charge in [0.1, 0.15) is 23.6 Å². The standard InChI is InChI=1S/C42H53N9O5/c1-24(2)36(40(53)44-29-17-18-29)46-39(52)32-9-6-8-31(32)38-43-22-33(45-38)28-13-11-26(12-14-28)27-15-19-30(20-16-27)51-23-34(48-49-51)35-10-7-21-50(35)41(54)37(25(3)4)47-42(55)56-5/h11-16,19-20,22-25,29,31-32,35-37H,6-10,17-18,21H2,1-5H3,(H,43,45)(H,44,53)(H,46,52)(H,47,55)/t31-,32-,35+,36+,37+/m1/s1. The number of aromatic nitrogens is 5. The van der Waals surface area contributed by atoms with Gasteiger partial charge in [0.25, 0.3) is 0 Å². The molecular formula is C42H53N9O5. The number of carbonyl (C=O) groups is 4. The lowest BCUT2D eigenvalue weighted by Crippen LogP contribution is -2.51. The first-order chi connectivity index (χ1) is 27.0. The van der Waals surface area contributed by atoms with Crippen LogP contribution in [0, 0.1) is 17.8 Å². The largest absolute Gasteiger partial charge is 0.453 e. The van der Waals surface area contributed by atoms with Gasteiger partial charge in [-0.3, -0.25) is 14.4 Å². The van der Waals surface area contributed by atoms with Crippen LogP contribution >= 0.6 is 0 Å². The Balaban J connectivity index is 0.979. The summed E-state index contributed by atoms with van der Waals surface area (Å²) >= 11 is 0. The van der Waals surface area contributed by atoms with Crippen molar-refractivity contribution in [2.75, 3.05) is 13.7 Å². The summed E-state index contributed by atoms with van der Waals surface area (Å²) in [7, 11) is 1.29. The van der Waals surface area contributed by atoms with Crippen molar-refractivity contribution in [3.63, 3.8) is 0 Å². The molecule has 2 aliphatic carbocycles. The highest BCUT2D eigenvalue weighted by molar-refractivity contribution is 5.89. The molecule has 3 heterocycles. The Morgan fingerprint density at radius 2 is 1.50 bits per heavy atom. The molecule has 2 aromatic carbocycles. The van der Waals surface area contributed by atoms with Crippen LogP contribution in [0.1, 0.15) is 96.1 Å². The molecule has 0 unspecified atom stereocenters. The SMILES string of the molecule is COC(=O)N[C@H](C(=O)N1CCC[C@H]1c1cn(-c2ccc(-c3ccc(-c4cnc([C@@H]5CCC[C@H]5C(=O)N[C@H](C(=O)NC5CC5)C(C)C)[nH]4)cc3)cc2)nn1)C(C)C. The maximum Gasteiger partial charge on any atom is 0.407 e. The Kier molecular flexibility index (Phi) is 11.5. The number of nitrogens with zero attached hydrogens (tertiary/aromatic N) is 5. The zero-order valence-corrected chi connectivity index (χ0v) is 32.8. The number of imidazole rings is 1. The molecule has 3 aliphatic rings. The van der Waals surface area contributed by atoms with Crippen LogP contribution in [0.2, 0.25) is 0 Å². The molecule has 56 heavy (non-hydrogen) atoms. The van der Waals surface area contributed by atoms with Gasteiger partial charge in [-0.2, -0.15) is 0 Å². The lowest BCUT2D eigenvalue weighted by Gasteiger charge is -2.29. The van der Waals surface area contributed by atoms with Crippen molar-refractivity contribution in [3.8, 4) is 28.1 Å². The molecule has 0 bridgehead atoms. The van der Waals surface area contributed by atoms with Crippen LogP contribution in [0.25, 0.3) is 28.1 Å². The maximum atomic E-state index is 13.5. The van der Waals surface area contributed by atoms with Gasteiger partial charge in [0.2, 0.25) is 17.7 Å². The fourth-order valence-electron chi connectivity index (χ4n) is 8.01. The van der Waals surface area contributed by atoms with E-state index in [1.54, 1.807) is 9.58 Å². The third kappa shape index (κ3) is 8.48. The van der Waals surface area contributed by atoms with Crippen LogP contribution in [0.5, 0.6) is 0 Å². The summed E-state index contributed by atoms with van der Waals surface area (Å²) in [4.78, 5) is 61.8. The number of benzene rings is 2. The minimum absolute atomic E-state index is 0.00720. The predicted molar refractivity (Wildman–Crippen MR) is 210 cm³/mol. The zero-order chi connectivity index (χ0) is 39.5. The van der Waals surface area contributed by atoms with Gasteiger partial charge in [-0.05, 0) is 79.2 Å². The highest BCUT2D eigenvalue weighted by Gasteiger charge is 2.39. The van der Waals surface area contributed by atoms with Gasteiger partial charge in [0.15, 0.2) is 0 Å². The van der Waals surface area contributed by atoms with Gasteiger partial charge in [-0.15, -0.1) is 5.10 Å². The van der Waals surface area contributed by atoms with Crippen LogP contribution < -0.4 is 16.0 Å². The van der Waals surface area contributed by atoms with Gasteiger partial charge in [-0.25, -0.2) is 14.5 Å². The normalized spacial score (nSPS) is 20.6. The molecule has 1 saturated heterocycles. The van der Waals surface area contributed by atoms with Crippen molar-refractivity contribution in [2.24, 2.45) is 17.8 Å². The second-order valence-electron chi connectivity index (χ2n) is 16.1. The molecule has 2 aromatic heterocycles. The lowest BCUT2D eigenvalue weighted by molar-refractivity contribution is -0.135. The Hall–Kier alpha value is -5.53. The van der Waals surface area contributed by atoms with E-state index in [1.807, 2.05) is 64.4 Å². The molecule has 5 atom stereocenters. The van der Waals surface area contributed by atoms with E-state index in [4.69, 9.17) is 9.72 Å². The first-order valence-corrected chi connectivity index (χ1v) is 19.9. The van der Waals surface area contributed by atoms with E-state index in [0.717, 1.165) is 78.8 Å². The van der Waals surface area contributed by atoms with E-state index < -0.39 is 18.2 Å². The molecule has 14 nitrogen and oxygen atoms in total. The Morgan fingerprint density at radius 3 is 2.16 bits per heavy atom. The molecule has 296 valence electrons. The van der Waals surface area contributed by atoms with E-state index in [1.165, 1.54) is 7.11 Å². The van der Waals surface area contributed by atoms with Crippen molar-refractivity contribution in [2.45, 2.75) is 103 Å². The molecule has 1 aliphatic heterocycles. The topological polar surface area (TPSA) is 176 Å². The minimum atomic E-state index is -0.697. The number of likely N-dealkylation sites (tertiary alicyclic amines) is 1. The highest BCUT2D eigenvalue weighted by Crippen LogP contribution is 2.39. The Labute approximate surface area is 327 Å². The molecule has 3 fully saturated rings. The second kappa shape index (κ2) is 16.7. The van der Waals surface area contributed by atoms with Crippen LogP contribution in [0.3, 0.4) is 0 Å². The number of rotatable bonds is 13. The number of alkyl carbamates (subject to hydrolysis) is 1. The first-order valence-electron chi connectivity index (χ1n) is 19.9. The Bertz CT molecular complexity index is 2020. The van der Waals surface area contributed by atoms with Gasteiger partial charge < -0.3 is 30.6 Å². The van der Waals surface area contributed by atoms with Crippen LogP contribution in [0.4, 0.5) is 4.79 Å².